The zero-order chi connectivity index (χ0) is 13.8. The van der Waals surface area contributed by atoms with Crippen LogP contribution in [0.5, 0.6) is 0 Å². The smallest absolute Gasteiger partial charge is 0.237 e. The number of hydrogen-bond donors (Lipinski definition) is 2. The number of nitrogens with one attached hydrogen (secondary N) is 1. The van der Waals surface area contributed by atoms with Gasteiger partial charge in [-0.05, 0) is 40.2 Å². The summed E-state index contributed by atoms with van der Waals surface area (Å²) in [6.45, 7) is 9.50. The van der Waals surface area contributed by atoms with E-state index in [2.05, 4.69) is 21.8 Å². The highest BCUT2D eigenvalue weighted by Crippen LogP contribution is 2.14. The number of primary amides is 1. The molecule has 0 aromatic carbocycles. The molecule has 18 heavy (non-hydrogen) atoms. The van der Waals surface area contributed by atoms with E-state index in [0.717, 1.165) is 31.6 Å². The molecule has 1 aromatic rings. The number of imidazole rings is 1. The molecule has 0 bridgehead atoms. The van der Waals surface area contributed by atoms with Crippen molar-refractivity contribution in [2.45, 2.75) is 52.6 Å². The molecule has 1 atom stereocenters. The second-order valence-corrected chi connectivity index (χ2v) is 4.94. The van der Waals surface area contributed by atoms with Crippen LogP contribution in [-0.4, -0.2) is 27.5 Å². The van der Waals surface area contributed by atoms with Crippen LogP contribution in [0.3, 0.4) is 0 Å². The van der Waals surface area contributed by atoms with Crippen LogP contribution in [0.1, 0.15) is 38.1 Å². The van der Waals surface area contributed by atoms with Gasteiger partial charge in [0.05, 0.1) is 17.6 Å². The predicted molar refractivity (Wildman–Crippen MR) is 72.2 cm³/mol. The van der Waals surface area contributed by atoms with Gasteiger partial charge in [-0.15, -0.1) is 0 Å². The van der Waals surface area contributed by atoms with Gasteiger partial charge in [-0.25, -0.2) is 4.98 Å². The summed E-state index contributed by atoms with van der Waals surface area (Å²) in [5.74, 6) is -0.289. The summed E-state index contributed by atoms with van der Waals surface area (Å²) in [6, 6.07) is 0. The van der Waals surface area contributed by atoms with Gasteiger partial charge < -0.3 is 15.6 Å². The third-order valence-corrected chi connectivity index (χ3v) is 3.53. The lowest BCUT2D eigenvalue weighted by Gasteiger charge is -2.27. The summed E-state index contributed by atoms with van der Waals surface area (Å²) >= 11 is 0. The number of hydrogen-bond acceptors (Lipinski definition) is 3. The van der Waals surface area contributed by atoms with Crippen molar-refractivity contribution in [3.05, 3.63) is 17.7 Å². The number of aromatic nitrogens is 2. The van der Waals surface area contributed by atoms with E-state index in [1.807, 2.05) is 27.1 Å². The summed E-state index contributed by atoms with van der Waals surface area (Å²) in [7, 11) is 0. The summed E-state index contributed by atoms with van der Waals surface area (Å²) in [6.07, 6.45) is 3.47. The number of carbonyl (C=O) groups excluding carboxylic acids is 1. The van der Waals surface area contributed by atoms with Crippen LogP contribution in [-0.2, 0) is 11.3 Å². The monoisotopic (exact) mass is 252 g/mol. The largest absolute Gasteiger partial charge is 0.368 e. The predicted octanol–water partition coefficient (Wildman–Crippen LogP) is 1.13. The van der Waals surface area contributed by atoms with E-state index in [4.69, 9.17) is 5.73 Å². The molecular formula is C13H24N4O. The van der Waals surface area contributed by atoms with Crippen LogP contribution < -0.4 is 11.1 Å². The van der Waals surface area contributed by atoms with Gasteiger partial charge in [0, 0.05) is 12.2 Å². The number of nitrogens with zero attached hydrogens (tertiary/aromatic N) is 2. The normalized spacial score (nSPS) is 14.4. The highest BCUT2D eigenvalue weighted by Gasteiger charge is 2.29. The SMILES string of the molecule is CCNC(C)(CCCn1cnc(C)c1C)C(N)=O. The minimum Gasteiger partial charge on any atom is -0.368 e. The second kappa shape index (κ2) is 6.00. The molecule has 1 rings (SSSR count). The Bertz CT molecular complexity index is 413. The summed E-state index contributed by atoms with van der Waals surface area (Å²) in [5.41, 5.74) is 7.07. The average molecular weight is 252 g/mol. The zero-order valence-electron chi connectivity index (χ0n) is 11.8. The van der Waals surface area contributed by atoms with Crippen molar-refractivity contribution < 1.29 is 4.79 Å². The maximum Gasteiger partial charge on any atom is 0.237 e. The van der Waals surface area contributed by atoms with E-state index in [1.54, 1.807) is 0 Å². The lowest BCUT2D eigenvalue weighted by Crippen LogP contribution is -2.53. The molecule has 0 aliphatic heterocycles. The molecule has 0 spiro atoms. The van der Waals surface area contributed by atoms with E-state index in [-0.39, 0.29) is 5.91 Å². The Morgan fingerprint density at radius 2 is 2.22 bits per heavy atom. The maximum atomic E-state index is 11.5. The molecule has 102 valence electrons. The van der Waals surface area contributed by atoms with Crippen LogP contribution in [0.2, 0.25) is 0 Å². The van der Waals surface area contributed by atoms with Crippen molar-refractivity contribution in [3.63, 3.8) is 0 Å². The number of aryl methyl sites for hydroxylation is 2. The molecule has 0 saturated carbocycles. The lowest BCUT2D eigenvalue weighted by molar-refractivity contribution is -0.124. The van der Waals surface area contributed by atoms with E-state index in [9.17, 15) is 4.79 Å². The second-order valence-electron chi connectivity index (χ2n) is 4.94. The molecule has 0 radical (unpaired) electrons. The topological polar surface area (TPSA) is 72.9 Å². The third kappa shape index (κ3) is 3.32. The summed E-state index contributed by atoms with van der Waals surface area (Å²) in [4.78, 5) is 15.7. The molecule has 0 aliphatic rings. The zero-order valence-corrected chi connectivity index (χ0v) is 11.8. The molecule has 0 saturated heterocycles. The van der Waals surface area contributed by atoms with Gasteiger partial charge in [0.15, 0.2) is 0 Å². The fourth-order valence-corrected chi connectivity index (χ4v) is 2.06. The van der Waals surface area contributed by atoms with Crippen LogP contribution in [0.4, 0.5) is 0 Å². The van der Waals surface area contributed by atoms with E-state index in [1.165, 1.54) is 5.69 Å². The summed E-state index contributed by atoms with van der Waals surface area (Å²) in [5, 5.41) is 3.17. The van der Waals surface area contributed by atoms with E-state index >= 15 is 0 Å². The fourth-order valence-electron chi connectivity index (χ4n) is 2.06. The van der Waals surface area contributed by atoms with Gasteiger partial charge in [-0.2, -0.15) is 0 Å². The first-order valence-corrected chi connectivity index (χ1v) is 6.44. The molecular weight excluding hydrogens is 228 g/mol. The average Bonchev–Trinajstić information content (AvgIpc) is 2.61. The van der Waals surface area contributed by atoms with Crippen LogP contribution in [0.15, 0.2) is 6.33 Å². The van der Waals surface area contributed by atoms with E-state index in [0.29, 0.717) is 0 Å². The van der Waals surface area contributed by atoms with Crippen LogP contribution in [0, 0.1) is 13.8 Å². The van der Waals surface area contributed by atoms with Gasteiger partial charge in [0.2, 0.25) is 5.91 Å². The quantitative estimate of drug-likeness (QED) is 0.764. The van der Waals surface area contributed by atoms with Crippen molar-refractivity contribution in [2.75, 3.05) is 6.54 Å². The minimum atomic E-state index is -0.613. The van der Waals surface area contributed by atoms with Crippen molar-refractivity contribution in [3.8, 4) is 0 Å². The van der Waals surface area contributed by atoms with Gasteiger partial charge >= 0.3 is 0 Å². The lowest BCUT2D eigenvalue weighted by atomic mass is 9.95. The Kier molecular flexibility index (Phi) is 4.90. The first-order valence-electron chi connectivity index (χ1n) is 6.44. The third-order valence-electron chi connectivity index (χ3n) is 3.53. The Labute approximate surface area is 109 Å². The van der Waals surface area contributed by atoms with Gasteiger partial charge in [-0.1, -0.05) is 6.92 Å². The van der Waals surface area contributed by atoms with Crippen LogP contribution in [0.25, 0.3) is 0 Å². The first-order chi connectivity index (χ1) is 8.40. The number of rotatable bonds is 7. The number of amides is 1. The van der Waals surface area contributed by atoms with E-state index < -0.39 is 5.54 Å². The molecule has 3 N–H and O–H groups in total. The number of nitrogens with two attached hydrogens (primary N) is 1. The standard InChI is InChI=1S/C13H24N4O/c1-5-16-13(4,12(14)18)7-6-8-17-9-15-10(2)11(17)3/h9,16H,5-8H2,1-4H3,(H2,14,18). The Balaban J connectivity index is 2.54. The number of carbonyl (C=O) groups is 1. The minimum absolute atomic E-state index is 0.289. The molecule has 1 aromatic heterocycles. The molecule has 0 fully saturated rings. The van der Waals surface area contributed by atoms with Crippen molar-refractivity contribution in [2.24, 2.45) is 5.73 Å². The van der Waals surface area contributed by atoms with Crippen molar-refractivity contribution in [1.82, 2.24) is 14.9 Å². The Morgan fingerprint density at radius 3 is 2.67 bits per heavy atom. The Hall–Kier alpha value is -1.36. The van der Waals surface area contributed by atoms with Gasteiger partial charge in [0.25, 0.3) is 0 Å². The highest BCUT2D eigenvalue weighted by molar-refractivity contribution is 5.84. The van der Waals surface area contributed by atoms with Gasteiger partial charge in [-0.3, -0.25) is 4.79 Å². The highest BCUT2D eigenvalue weighted by atomic mass is 16.1. The van der Waals surface area contributed by atoms with Crippen molar-refractivity contribution >= 4 is 5.91 Å². The van der Waals surface area contributed by atoms with Crippen LogP contribution >= 0.6 is 0 Å². The molecule has 1 amide bonds. The summed E-state index contributed by atoms with van der Waals surface area (Å²) < 4.78 is 2.11. The molecule has 5 heteroatoms. The van der Waals surface area contributed by atoms with Gasteiger partial charge in [0.1, 0.15) is 0 Å². The molecule has 5 nitrogen and oxygen atoms in total. The molecule has 0 aliphatic carbocycles. The number of likely N-dealkylation sites (N-methyl/N-ethyl adjacent to an activating group) is 1. The maximum absolute atomic E-state index is 11.5. The molecule has 1 heterocycles. The molecule has 1 unspecified atom stereocenters. The first kappa shape index (κ1) is 14.7. The Morgan fingerprint density at radius 1 is 1.56 bits per heavy atom. The fraction of sp³-hybridized carbons (Fsp3) is 0.692. The van der Waals surface area contributed by atoms with Crippen molar-refractivity contribution in [1.29, 1.82) is 0 Å².